The molecule has 0 aliphatic heterocycles. The van der Waals surface area contributed by atoms with E-state index in [4.69, 9.17) is 0 Å². The van der Waals surface area contributed by atoms with Crippen LogP contribution in [-0.4, -0.2) is 0 Å². The highest BCUT2D eigenvalue weighted by Crippen LogP contribution is 2.49. The van der Waals surface area contributed by atoms with Crippen molar-refractivity contribution in [3.05, 3.63) is 176 Å². The molecule has 0 atom stereocenters. The monoisotopic (exact) mass is 659 g/mol. The lowest BCUT2D eigenvalue weighted by molar-refractivity contribution is 1.32. The van der Waals surface area contributed by atoms with Crippen LogP contribution in [-0.2, 0) is 0 Å². The molecule has 2 heterocycles. The Labute approximate surface area is 292 Å². The van der Waals surface area contributed by atoms with Crippen molar-refractivity contribution < 1.29 is 0 Å². The highest BCUT2D eigenvalue weighted by atomic mass is 32.1. The second kappa shape index (κ2) is 11.5. The summed E-state index contributed by atoms with van der Waals surface area (Å²) in [6.45, 7) is 0. The summed E-state index contributed by atoms with van der Waals surface area (Å²) in [5.41, 5.74) is 8.39. The fraction of sp³-hybridized carbons (Fsp3) is 0. The summed E-state index contributed by atoms with van der Waals surface area (Å²) in [6.07, 6.45) is 0. The SMILES string of the molecule is c1cc(-c2cccc(N(c3cccc4sc5ccccc5c34)c3cccc4sc5ccccc5c34)c2)cc(-c2cccc3ccccc23)c1. The lowest BCUT2D eigenvalue weighted by Gasteiger charge is -2.28. The van der Waals surface area contributed by atoms with Crippen LogP contribution in [0, 0.1) is 0 Å². The van der Waals surface area contributed by atoms with Crippen LogP contribution in [0.2, 0.25) is 0 Å². The predicted molar refractivity (Wildman–Crippen MR) is 215 cm³/mol. The molecular weight excluding hydrogens is 631 g/mol. The summed E-state index contributed by atoms with van der Waals surface area (Å²) < 4.78 is 5.21. The van der Waals surface area contributed by atoms with Crippen LogP contribution in [0.25, 0.3) is 73.4 Å². The van der Waals surface area contributed by atoms with Gasteiger partial charge in [0.15, 0.2) is 0 Å². The normalized spacial score (nSPS) is 11.7. The van der Waals surface area contributed by atoms with Crippen LogP contribution in [0.5, 0.6) is 0 Å². The van der Waals surface area contributed by atoms with Gasteiger partial charge in [-0.1, -0.05) is 121 Å². The Kier molecular flexibility index (Phi) is 6.61. The molecule has 0 amide bonds. The predicted octanol–water partition coefficient (Wildman–Crippen LogP) is 14.4. The summed E-state index contributed by atoms with van der Waals surface area (Å²) in [6, 6.07) is 64.5. The van der Waals surface area contributed by atoms with Crippen LogP contribution in [0.15, 0.2) is 176 Å². The summed E-state index contributed by atoms with van der Waals surface area (Å²) >= 11 is 3.73. The van der Waals surface area contributed by atoms with Crippen molar-refractivity contribution in [3.63, 3.8) is 0 Å². The zero-order chi connectivity index (χ0) is 32.3. The number of hydrogen-bond acceptors (Lipinski definition) is 3. The van der Waals surface area contributed by atoms with E-state index in [9.17, 15) is 0 Å². The van der Waals surface area contributed by atoms with Crippen LogP contribution < -0.4 is 4.90 Å². The molecule has 0 saturated heterocycles. The van der Waals surface area contributed by atoms with Gasteiger partial charge in [-0.3, -0.25) is 0 Å². The Hall–Kier alpha value is -5.74. The Balaban J connectivity index is 1.21. The molecule has 2 aromatic heterocycles. The van der Waals surface area contributed by atoms with Gasteiger partial charge in [0.25, 0.3) is 0 Å². The number of hydrogen-bond donors (Lipinski definition) is 0. The molecule has 8 aromatic carbocycles. The molecule has 10 aromatic rings. The molecule has 0 unspecified atom stereocenters. The van der Waals surface area contributed by atoms with Crippen molar-refractivity contribution in [1.29, 1.82) is 0 Å². The largest absolute Gasteiger partial charge is 0.309 e. The number of rotatable bonds is 5. The second-order valence-electron chi connectivity index (χ2n) is 12.5. The number of thiophene rings is 2. The standard InChI is InChI=1S/C46H29NS2/c1-2-18-35-30(12-1)13-9-21-36(35)33-16-7-14-31(28-33)32-15-8-17-34(29-32)47(39-22-10-26-43-45(39)37-19-3-5-24-41(37)48-43)40-23-11-27-44-46(40)38-20-4-6-25-42(38)49-44/h1-29H. The zero-order valence-electron chi connectivity index (χ0n) is 26.5. The summed E-state index contributed by atoms with van der Waals surface area (Å²) in [5, 5.41) is 7.71. The summed E-state index contributed by atoms with van der Waals surface area (Å²) in [5.74, 6) is 0. The lowest BCUT2D eigenvalue weighted by Crippen LogP contribution is -2.10. The Morgan fingerprint density at radius 2 is 0.837 bits per heavy atom. The molecule has 1 nitrogen and oxygen atoms in total. The van der Waals surface area contributed by atoms with Gasteiger partial charge in [-0.15, -0.1) is 22.7 Å². The first kappa shape index (κ1) is 28.3. The number of anilines is 3. The van der Waals surface area contributed by atoms with E-state index >= 15 is 0 Å². The van der Waals surface area contributed by atoms with Gasteiger partial charge in [-0.25, -0.2) is 0 Å². The number of fused-ring (bicyclic) bond motifs is 7. The van der Waals surface area contributed by atoms with E-state index in [2.05, 4.69) is 181 Å². The molecule has 0 saturated carbocycles. The number of benzene rings is 8. The minimum Gasteiger partial charge on any atom is -0.309 e. The smallest absolute Gasteiger partial charge is 0.0555 e. The van der Waals surface area contributed by atoms with Crippen molar-refractivity contribution in [3.8, 4) is 22.3 Å². The van der Waals surface area contributed by atoms with Gasteiger partial charge in [-0.05, 0) is 87.6 Å². The first-order valence-electron chi connectivity index (χ1n) is 16.6. The molecular formula is C46H29NS2. The van der Waals surface area contributed by atoms with E-state index in [1.165, 1.54) is 84.7 Å². The van der Waals surface area contributed by atoms with Gasteiger partial charge in [0.05, 0.1) is 11.4 Å². The van der Waals surface area contributed by atoms with Crippen LogP contribution >= 0.6 is 22.7 Å². The first-order chi connectivity index (χ1) is 24.3. The average Bonchev–Trinajstić information content (AvgIpc) is 3.74. The van der Waals surface area contributed by atoms with E-state index in [1.807, 2.05) is 22.7 Å². The van der Waals surface area contributed by atoms with Gasteiger partial charge < -0.3 is 4.90 Å². The van der Waals surface area contributed by atoms with Crippen LogP contribution in [0.3, 0.4) is 0 Å². The third-order valence-electron chi connectivity index (χ3n) is 9.64. The van der Waals surface area contributed by atoms with Crippen LogP contribution in [0.4, 0.5) is 17.1 Å². The van der Waals surface area contributed by atoms with E-state index < -0.39 is 0 Å². The molecule has 0 aliphatic carbocycles. The van der Waals surface area contributed by atoms with E-state index in [-0.39, 0.29) is 0 Å². The van der Waals surface area contributed by atoms with Crippen molar-refractivity contribution in [1.82, 2.24) is 0 Å². The number of nitrogens with zero attached hydrogens (tertiary/aromatic N) is 1. The highest BCUT2D eigenvalue weighted by molar-refractivity contribution is 7.26. The molecule has 0 aliphatic rings. The van der Waals surface area contributed by atoms with Gasteiger partial charge in [0, 0.05) is 46.0 Å². The van der Waals surface area contributed by atoms with Crippen molar-refractivity contribution >= 4 is 90.9 Å². The van der Waals surface area contributed by atoms with Crippen molar-refractivity contribution in [2.24, 2.45) is 0 Å². The van der Waals surface area contributed by atoms with Gasteiger partial charge in [0.2, 0.25) is 0 Å². The van der Waals surface area contributed by atoms with Gasteiger partial charge >= 0.3 is 0 Å². The molecule has 49 heavy (non-hydrogen) atoms. The molecule has 0 fully saturated rings. The third kappa shape index (κ3) is 4.66. The maximum atomic E-state index is 2.50. The second-order valence-corrected chi connectivity index (χ2v) is 14.7. The minimum absolute atomic E-state index is 1.14. The van der Waals surface area contributed by atoms with Gasteiger partial charge in [0.1, 0.15) is 0 Å². The highest BCUT2D eigenvalue weighted by Gasteiger charge is 2.22. The fourth-order valence-electron chi connectivity index (χ4n) is 7.46. The van der Waals surface area contributed by atoms with Crippen molar-refractivity contribution in [2.45, 2.75) is 0 Å². The Morgan fingerprint density at radius 3 is 1.53 bits per heavy atom. The molecule has 0 spiro atoms. The molecule has 3 heteroatoms. The van der Waals surface area contributed by atoms with Gasteiger partial charge in [-0.2, -0.15) is 0 Å². The summed E-state index contributed by atoms with van der Waals surface area (Å²) in [4.78, 5) is 2.50. The molecule has 230 valence electrons. The van der Waals surface area contributed by atoms with E-state index in [0.717, 1.165) is 5.69 Å². The third-order valence-corrected chi connectivity index (χ3v) is 11.9. The van der Waals surface area contributed by atoms with E-state index in [0.29, 0.717) is 0 Å². The quantitative estimate of drug-likeness (QED) is 0.178. The molecule has 0 bridgehead atoms. The Bertz CT molecular complexity index is 2740. The first-order valence-corrected chi connectivity index (χ1v) is 18.2. The van der Waals surface area contributed by atoms with Crippen molar-refractivity contribution in [2.75, 3.05) is 4.90 Å². The average molecular weight is 660 g/mol. The van der Waals surface area contributed by atoms with E-state index in [1.54, 1.807) is 0 Å². The Morgan fingerprint density at radius 1 is 0.347 bits per heavy atom. The molecule has 0 radical (unpaired) electrons. The zero-order valence-corrected chi connectivity index (χ0v) is 28.1. The maximum Gasteiger partial charge on any atom is 0.0555 e. The molecule has 10 rings (SSSR count). The minimum atomic E-state index is 1.14. The molecule has 0 N–H and O–H groups in total. The maximum absolute atomic E-state index is 2.50. The summed E-state index contributed by atoms with van der Waals surface area (Å²) in [7, 11) is 0. The topological polar surface area (TPSA) is 3.24 Å². The fourth-order valence-corrected chi connectivity index (χ4v) is 9.71. The van der Waals surface area contributed by atoms with Crippen LogP contribution in [0.1, 0.15) is 0 Å². The lowest BCUT2D eigenvalue weighted by atomic mass is 9.95.